The molecule has 120 valence electrons. The zero-order valence-electron chi connectivity index (χ0n) is 13.4. The van der Waals surface area contributed by atoms with Crippen molar-refractivity contribution in [1.29, 1.82) is 5.26 Å². The molecule has 0 amide bonds. The lowest BCUT2D eigenvalue weighted by Crippen LogP contribution is -2.15. The highest BCUT2D eigenvalue weighted by atomic mass is 16.5. The van der Waals surface area contributed by atoms with Crippen LogP contribution in [0.5, 0.6) is 5.75 Å². The predicted octanol–water partition coefficient (Wildman–Crippen LogP) is 2.47. The van der Waals surface area contributed by atoms with E-state index in [0.717, 1.165) is 17.0 Å². The molecule has 2 rings (SSSR count). The Balaban J connectivity index is 1.66. The number of aromatic nitrogens is 2. The van der Waals surface area contributed by atoms with Crippen molar-refractivity contribution in [3.8, 4) is 11.8 Å². The Kier molecular flexibility index (Phi) is 6.33. The highest BCUT2D eigenvalue weighted by Crippen LogP contribution is 2.16. The van der Waals surface area contributed by atoms with Crippen LogP contribution in [0, 0.1) is 25.2 Å². The molecule has 0 spiro atoms. The summed E-state index contributed by atoms with van der Waals surface area (Å²) >= 11 is 0. The molecule has 0 fully saturated rings. The fourth-order valence-corrected chi connectivity index (χ4v) is 1.95. The summed E-state index contributed by atoms with van der Waals surface area (Å²) in [6.07, 6.45) is 0. The largest absolute Gasteiger partial charge is 0.491 e. The van der Waals surface area contributed by atoms with Gasteiger partial charge in [-0.05, 0) is 31.5 Å². The van der Waals surface area contributed by atoms with Crippen LogP contribution in [0.15, 0.2) is 30.3 Å². The van der Waals surface area contributed by atoms with Crippen molar-refractivity contribution in [1.82, 2.24) is 10.2 Å². The van der Waals surface area contributed by atoms with Gasteiger partial charge in [-0.1, -0.05) is 18.2 Å². The fraction of sp³-hybridized carbons (Fsp3) is 0.353. The number of benzene rings is 1. The van der Waals surface area contributed by atoms with Gasteiger partial charge >= 0.3 is 0 Å². The van der Waals surface area contributed by atoms with Gasteiger partial charge in [0.25, 0.3) is 0 Å². The van der Waals surface area contributed by atoms with Gasteiger partial charge in [-0.2, -0.15) is 10.4 Å². The molecule has 0 bridgehead atoms. The van der Waals surface area contributed by atoms with Crippen LogP contribution in [0.1, 0.15) is 16.8 Å². The van der Waals surface area contributed by atoms with E-state index < -0.39 is 0 Å². The van der Waals surface area contributed by atoms with Crippen LogP contribution in [-0.4, -0.2) is 36.6 Å². The zero-order chi connectivity index (χ0) is 16.5. The first-order valence-electron chi connectivity index (χ1n) is 7.46. The minimum absolute atomic E-state index is 0.497. The van der Waals surface area contributed by atoms with Gasteiger partial charge in [0.05, 0.1) is 18.9 Å². The second kappa shape index (κ2) is 8.71. The molecule has 0 saturated heterocycles. The summed E-state index contributed by atoms with van der Waals surface area (Å²) in [6.45, 7) is 5.75. The first kappa shape index (κ1) is 16.7. The van der Waals surface area contributed by atoms with Gasteiger partial charge in [-0.25, -0.2) is 0 Å². The summed E-state index contributed by atoms with van der Waals surface area (Å²) in [5.41, 5.74) is 2.15. The molecule has 1 aromatic carbocycles. The number of nitrogens with zero attached hydrogens (tertiary/aromatic N) is 3. The molecule has 2 aromatic rings. The SMILES string of the molecule is Cc1nnc(NCCOCCOc2ccccc2)c(C#N)c1C. The summed E-state index contributed by atoms with van der Waals surface area (Å²) < 4.78 is 11.0. The highest BCUT2D eigenvalue weighted by molar-refractivity contribution is 5.55. The van der Waals surface area contributed by atoms with Crippen LogP contribution in [-0.2, 0) is 4.74 Å². The van der Waals surface area contributed by atoms with E-state index in [-0.39, 0.29) is 0 Å². The molecule has 6 heteroatoms. The molecule has 0 saturated carbocycles. The van der Waals surface area contributed by atoms with E-state index >= 15 is 0 Å². The molecule has 0 atom stereocenters. The number of anilines is 1. The maximum absolute atomic E-state index is 9.20. The number of rotatable bonds is 8. The minimum atomic E-state index is 0.497. The van der Waals surface area contributed by atoms with E-state index in [1.165, 1.54) is 0 Å². The van der Waals surface area contributed by atoms with Crippen LogP contribution in [0.2, 0.25) is 0 Å². The summed E-state index contributed by atoms with van der Waals surface area (Å²) in [6, 6.07) is 11.8. The maximum atomic E-state index is 9.20. The normalized spacial score (nSPS) is 10.1. The van der Waals surface area contributed by atoms with Crippen molar-refractivity contribution in [3.05, 3.63) is 47.2 Å². The summed E-state index contributed by atoms with van der Waals surface area (Å²) in [5, 5.41) is 20.3. The number of nitrogens with one attached hydrogen (secondary N) is 1. The Hall–Kier alpha value is -2.65. The molecule has 1 N–H and O–H groups in total. The number of para-hydroxylation sites is 1. The monoisotopic (exact) mass is 312 g/mol. The highest BCUT2D eigenvalue weighted by Gasteiger charge is 2.09. The van der Waals surface area contributed by atoms with Gasteiger partial charge in [0.15, 0.2) is 5.82 Å². The molecule has 0 aliphatic carbocycles. The lowest BCUT2D eigenvalue weighted by Gasteiger charge is -2.10. The van der Waals surface area contributed by atoms with Gasteiger partial charge in [0, 0.05) is 6.54 Å². The van der Waals surface area contributed by atoms with E-state index in [1.54, 1.807) is 0 Å². The Morgan fingerprint density at radius 1 is 1.09 bits per heavy atom. The first-order valence-corrected chi connectivity index (χ1v) is 7.46. The van der Waals surface area contributed by atoms with Crippen molar-refractivity contribution in [3.63, 3.8) is 0 Å². The molecule has 1 heterocycles. The van der Waals surface area contributed by atoms with E-state index in [9.17, 15) is 5.26 Å². The molecule has 0 aliphatic heterocycles. The average Bonchev–Trinajstić information content (AvgIpc) is 2.58. The summed E-state index contributed by atoms with van der Waals surface area (Å²) in [5.74, 6) is 1.33. The molecule has 0 aliphatic rings. The minimum Gasteiger partial charge on any atom is -0.491 e. The van der Waals surface area contributed by atoms with Crippen LogP contribution in [0.3, 0.4) is 0 Å². The van der Waals surface area contributed by atoms with Crippen LogP contribution in [0.25, 0.3) is 0 Å². The third kappa shape index (κ3) is 4.94. The van der Waals surface area contributed by atoms with Crippen molar-refractivity contribution < 1.29 is 9.47 Å². The zero-order valence-corrected chi connectivity index (χ0v) is 13.4. The number of hydrogen-bond acceptors (Lipinski definition) is 6. The molecule has 6 nitrogen and oxygen atoms in total. The molecular weight excluding hydrogens is 292 g/mol. The van der Waals surface area contributed by atoms with E-state index in [4.69, 9.17) is 9.47 Å². The number of aryl methyl sites for hydroxylation is 1. The fourth-order valence-electron chi connectivity index (χ4n) is 1.95. The topological polar surface area (TPSA) is 80.1 Å². The van der Waals surface area contributed by atoms with Crippen LogP contribution >= 0.6 is 0 Å². The Bertz CT molecular complexity index is 668. The maximum Gasteiger partial charge on any atom is 0.167 e. The van der Waals surface area contributed by atoms with Gasteiger partial charge in [0.1, 0.15) is 24.0 Å². The quantitative estimate of drug-likeness (QED) is 0.754. The predicted molar refractivity (Wildman–Crippen MR) is 87.5 cm³/mol. The Morgan fingerprint density at radius 2 is 1.87 bits per heavy atom. The van der Waals surface area contributed by atoms with Gasteiger partial charge < -0.3 is 14.8 Å². The second-order valence-corrected chi connectivity index (χ2v) is 4.95. The summed E-state index contributed by atoms with van der Waals surface area (Å²) in [7, 11) is 0. The van der Waals surface area contributed by atoms with Crippen molar-refractivity contribution in [2.45, 2.75) is 13.8 Å². The van der Waals surface area contributed by atoms with Crippen molar-refractivity contribution >= 4 is 5.82 Å². The third-order valence-electron chi connectivity index (χ3n) is 3.34. The molecule has 1 aromatic heterocycles. The van der Waals surface area contributed by atoms with E-state index in [1.807, 2.05) is 44.2 Å². The lowest BCUT2D eigenvalue weighted by atomic mass is 10.1. The van der Waals surface area contributed by atoms with Gasteiger partial charge in [0.2, 0.25) is 0 Å². The van der Waals surface area contributed by atoms with Crippen molar-refractivity contribution in [2.24, 2.45) is 0 Å². The molecule has 0 unspecified atom stereocenters. The summed E-state index contributed by atoms with van der Waals surface area (Å²) in [4.78, 5) is 0. The number of hydrogen-bond donors (Lipinski definition) is 1. The van der Waals surface area contributed by atoms with Gasteiger partial charge in [-0.15, -0.1) is 5.10 Å². The third-order valence-corrected chi connectivity index (χ3v) is 3.34. The van der Waals surface area contributed by atoms with Crippen LogP contribution in [0.4, 0.5) is 5.82 Å². The lowest BCUT2D eigenvalue weighted by molar-refractivity contribution is 0.107. The molecule has 23 heavy (non-hydrogen) atoms. The standard InChI is InChI=1S/C17H20N4O2/c1-13-14(2)20-21-17(16(13)12-18)19-8-9-22-10-11-23-15-6-4-3-5-7-15/h3-7H,8-11H2,1-2H3,(H,19,21). The van der Waals surface area contributed by atoms with Crippen LogP contribution < -0.4 is 10.1 Å². The number of ether oxygens (including phenoxy) is 2. The van der Waals surface area contributed by atoms with E-state index in [2.05, 4.69) is 21.6 Å². The number of nitriles is 1. The van der Waals surface area contributed by atoms with Gasteiger partial charge in [-0.3, -0.25) is 0 Å². The van der Waals surface area contributed by atoms with E-state index in [0.29, 0.717) is 37.7 Å². The second-order valence-electron chi connectivity index (χ2n) is 4.95. The Labute approximate surface area is 136 Å². The Morgan fingerprint density at radius 3 is 2.61 bits per heavy atom. The van der Waals surface area contributed by atoms with Crippen molar-refractivity contribution in [2.75, 3.05) is 31.7 Å². The molecule has 0 radical (unpaired) electrons. The molecular formula is C17H20N4O2. The smallest absolute Gasteiger partial charge is 0.167 e. The average molecular weight is 312 g/mol. The first-order chi connectivity index (χ1) is 11.2.